The van der Waals surface area contributed by atoms with Crippen LogP contribution in [0, 0.1) is 11.8 Å². The Labute approximate surface area is 189 Å². The number of nitrogens with zero attached hydrogens (tertiary/aromatic N) is 2. The van der Waals surface area contributed by atoms with E-state index < -0.39 is 41.1 Å². The quantitative estimate of drug-likeness (QED) is 0.520. The predicted octanol–water partition coefficient (Wildman–Crippen LogP) is 1.43. The molecule has 2 fully saturated rings. The molecule has 0 radical (unpaired) electrons. The zero-order valence-electron chi connectivity index (χ0n) is 19.3. The number of likely N-dealkylation sites (tertiary alicyclic amines) is 1. The van der Waals surface area contributed by atoms with Crippen molar-refractivity contribution in [1.29, 1.82) is 0 Å². The highest BCUT2D eigenvalue weighted by Gasteiger charge is 2.72. The number of rotatable bonds is 3. The van der Waals surface area contributed by atoms with Crippen LogP contribution in [0.5, 0.6) is 0 Å². The molecule has 0 bridgehead atoms. The van der Waals surface area contributed by atoms with E-state index in [2.05, 4.69) is 0 Å². The van der Waals surface area contributed by atoms with E-state index in [1.54, 1.807) is 4.90 Å². The number of aliphatic hydroxyl groups is 1. The van der Waals surface area contributed by atoms with Crippen molar-refractivity contribution in [2.24, 2.45) is 11.8 Å². The molecule has 176 valence electrons. The number of ether oxygens (including phenoxy) is 2. The highest BCUT2D eigenvalue weighted by molar-refractivity contribution is 5.99. The van der Waals surface area contributed by atoms with Gasteiger partial charge in [-0.25, -0.2) is 0 Å². The van der Waals surface area contributed by atoms with Crippen LogP contribution in [0.1, 0.15) is 47.0 Å². The Morgan fingerprint density at radius 2 is 1.94 bits per heavy atom. The van der Waals surface area contributed by atoms with Crippen LogP contribution in [-0.2, 0) is 23.9 Å². The monoisotopic (exact) mass is 446 g/mol. The van der Waals surface area contributed by atoms with Crippen LogP contribution in [-0.4, -0.2) is 81.8 Å². The molecule has 0 aromatic heterocycles. The molecule has 8 nitrogen and oxygen atoms in total. The van der Waals surface area contributed by atoms with Crippen LogP contribution in [0.15, 0.2) is 24.3 Å². The number of cyclic esters (lactones) is 1. The number of allylic oxidation sites excluding steroid dienone is 1. The summed E-state index contributed by atoms with van der Waals surface area (Å²) in [6, 6.07) is -0.890. The van der Waals surface area contributed by atoms with Gasteiger partial charge in [-0.3, -0.25) is 14.4 Å². The first-order chi connectivity index (χ1) is 15.1. The van der Waals surface area contributed by atoms with E-state index in [0.29, 0.717) is 19.4 Å². The highest BCUT2D eigenvalue weighted by Crippen LogP contribution is 2.53. The molecule has 1 spiro atoms. The molecule has 32 heavy (non-hydrogen) atoms. The van der Waals surface area contributed by atoms with Gasteiger partial charge >= 0.3 is 5.97 Å². The molecule has 2 amide bonds. The average Bonchev–Trinajstić information content (AvgIpc) is 3.10. The van der Waals surface area contributed by atoms with Crippen molar-refractivity contribution in [3.8, 4) is 0 Å². The molecule has 0 saturated carbocycles. The van der Waals surface area contributed by atoms with Crippen molar-refractivity contribution in [1.82, 2.24) is 9.80 Å². The van der Waals surface area contributed by atoms with E-state index in [4.69, 9.17) is 9.47 Å². The lowest BCUT2D eigenvalue weighted by molar-refractivity contribution is -0.159. The fourth-order valence-corrected chi connectivity index (χ4v) is 5.53. The number of aliphatic hydroxyl groups excluding tert-OH is 1. The second-order valence-electron chi connectivity index (χ2n) is 10.2. The molecule has 2 saturated heterocycles. The fourth-order valence-electron chi connectivity index (χ4n) is 5.53. The number of hydrogen-bond acceptors (Lipinski definition) is 6. The Hall–Kier alpha value is -2.19. The molecule has 8 heteroatoms. The maximum Gasteiger partial charge on any atom is 0.313 e. The largest absolute Gasteiger partial charge is 0.462 e. The summed E-state index contributed by atoms with van der Waals surface area (Å²) >= 11 is 0. The van der Waals surface area contributed by atoms with Gasteiger partial charge in [0.05, 0.1) is 18.1 Å². The van der Waals surface area contributed by atoms with Gasteiger partial charge < -0.3 is 24.4 Å². The minimum atomic E-state index is -1.25. The standard InChI is InChI=1S/C24H34N2O6/c1-15-9-5-6-10-16-17(22(30)31-15)18-20(28)25(12-8-14-27)19-21(29)26(23(2,3)4)13-7-11-24(18,19)32-16/h6-7,10-11,15-19,27H,5,8-9,12-14H2,1-4H3/t15?,16-,17?,18+,19-,24?/m1/s1. The molecular formula is C24H34N2O6. The smallest absolute Gasteiger partial charge is 0.313 e. The molecule has 6 atom stereocenters. The van der Waals surface area contributed by atoms with Crippen LogP contribution in [0.2, 0.25) is 0 Å². The van der Waals surface area contributed by atoms with Gasteiger partial charge in [0.2, 0.25) is 11.8 Å². The number of carbonyl (C=O) groups excluding carboxylic acids is 3. The maximum absolute atomic E-state index is 13.9. The molecule has 3 unspecified atom stereocenters. The van der Waals surface area contributed by atoms with Gasteiger partial charge in [0, 0.05) is 25.2 Å². The Morgan fingerprint density at radius 1 is 1.19 bits per heavy atom. The van der Waals surface area contributed by atoms with Gasteiger partial charge in [-0.15, -0.1) is 0 Å². The Morgan fingerprint density at radius 3 is 2.62 bits per heavy atom. The minimum absolute atomic E-state index is 0.101. The van der Waals surface area contributed by atoms with E-state index in [9.17, 15) is 19.5 Å². The molecule has 1 N–H and O–H groups in total. The summed E-state index contributed by atoms with van der Waals surface area (Å²) in [4.78, 5) is 44.1. The SMILES string of the molecule is CC1CCC=C[C@H]2OC34C=CCN(C(C)(C)C)C(=O)[C@H]3N(CCCO)C(=O)[C@@H]4C2C(=O)O1. The van der Waals surface area contributed by atoms with Gasteiger partial charge in [0.1, 0.15) is 17.6 Å². The lowest BCUT2D eigenvalue weighted by Gasteiger charge is -2.40. The summed E-state index contributed by atoms with van der Waals surface area (Å²) in [5.41, 5.74) is -1.70. The maximum atomic E-state index is 13.9. The van der Waals surface area contributed by atoms with Gasteiger partial charge in [0.25, 0.3) is 0 Å². The third-order valence-corrected chi connectivity index (χ3v) is 7.02. The average molecular weight is 447 g/mol. The second-order valence-corrected chi connectivity index (χ2v) is 10.2. The van der Waals surface area contributed by atoms with E-state index >= 15 is 0 Å². The number of amides is 2. The van der Waals surface area contributed by atoms with Gasteiger partial charge in [0.15, 0.2) is 0 Å². The lowest BCUT2D eigenvalue weighted by atomic mass is 9.78. The molecule has 0 aromatic carbocycles. The van der Waals surface area contributed by atoms with Crippen LogP contribution < -0.4 is 0 Å². The van der Waals surface area contributed by atoms with Crippen LogP contribution in [0.3, 0.4) is 0 Å². The summed E-state index contributed by atoms with van der Waals surface area (Å²) < 4.78 is 12.2. The second kappa shape index (κ2) is 8.30. The lowest BCUT2D eigenvalue weighted by Crippen LogP contribution is -2.58. The van der Waals surface area contributed by atoms with Crippen LogP contribution in [0.4, 0.5) is 0 Å². The minimum Gasteiger partial charge on any atom is -0.462 e. The van der Waals surface area contributed by atoms with Crippen molar-refractivity contribution in [3.63, 3.8) is 0 Å². The summed E-state index contributed by atoms with van der Waals surface area (Å²) in [6.45, 7) is 8.23. The van der Waals surface area contributed by atoms with E-state index in [1.807, 2.05) is 52.0 Å². The zero-order chi connectivity index (χ0) is 23.3. The first-order valence-corrected chi connectivity index (χ1v) is 11.6. The van der Waals surface area contributed by atoms with Gasteiger partial charge in [-0.2, -0.15) is 0 Å². The number of hydrogen-bond donors (Lipinski definition) is 1. The predicted molar refractivity (Wildman–Crippen MR) is 116 cm³/mol. The van der Waals surface area contributed by atoms with Gasteiger partial charge in [-0.05, 0) is 47.0 Å². The van der Waals surface area contributed by atoms with Crippen molar-refractivity contribution >= 4 is 17.8 Å². The first kappa shape index (κ1) is 23.0. The molecule has 4 aliphatic heterocycles. The summed E-state index contributed by atoms with van der Waals surface area (Å²) in [5, 5.41) is 9.41. The molecular weight excluding hydrogens is 412 g/mol. The number of esters is 1. The van der Waals surface area contributed by atoms with E-state index in [-0.39, 0.29) is 31.1 Å². The summed E-state index contributed by atoms with van der Waals surface area (Å²) in [5.74, 6) is -2.61. The van der Waals surface area contributed by atoms with Crippen LogP contribution in [0.25, 0.3) is 0 Å². The Bertz CT molecular complexity index is 846. The molecule has 0 aromatic rings. The van der Waals surface area contributed by atoms with E-state index in [1.165, 1.54) is 4.90 Å². The first-order valence-electron chi connectivity index (χ1n) is 11.6. The Kier molecular flexibility index (Phi) is 5.96. The van der Waals surface area contributed by atoms with E-state index in [0.717, 1.165) is 6.42 Å². The van der Waals surface area contributed by atoms with Crippen molar-refractivity contribution in [2.75, 3.05) is 19.7 Å². The fraction of sp³-hybridized carbons (Fsp3) is 0.708. The third kappa shape index (κ3) is 3.57. The van der Waals surface area contributed by atoms with Crippen molar-refractivity contribution < 1.29 is 29.0 Å². The van der Waals surface area contributed by atoms with Crippen molar-refractivity contribution in [3.05, 3.63) is 24.3 Å². The topological polar surface area (TPSA) is 96.4 Å². The third-order valence-electron chi connectivity index (χ3n) is 7.02. The normalized spacial score (nSPS) is 37.3. The van der Waals surface area contributed by atoms with Crippen molar-refractivity contribution in [2.45, 2.75) is 76.3 Å². The molecule has 4 rings (SSSR count). The van der Waals surface area contributed by atoms with Crippen LogP contribution >= 0.6 is 0 Å². The molecule has 4 aliphatic rings. The summed E-state index contributed by atoms with van der Waals surface area (Å²) in [6.07, 6.45) is 8.41. The number of fused-ring (bicyclic) bond motifs is 2. The zero-order valence-corrected chi connectivity index (χ0v) is 19.3. The Balaban J connectivity index is 1.82. The summed E-state index contributed by atoms with van der Waals surface area (Å²) in [7, 11) is 0. The molecule has 0 aliphatic carbocycles. The van der Waals surface area contributed by atoms with Gasteiger partial charge in [-0.1, -0.05) is 24.3 Å². The highest BCUT2D eigenvalue weighted by atomic mass is 16.6. The molecule has 4 heterocycles. The number of carbonyl (C=O) groups is 3.